The predicted octanol–water partition coefficient (Wildman–Crippen LogP) is 4.46. The lowest BCUT2D eigenvalue weighted by Crippen LogP contribution is -2.51. The quantitative estimate of drug-likeness (QED) is 0.460. The van der Waals surface area contributed by atoms with Gasteiger partial charge in [-0.25, -0.2) is 8.42 Å². The maximum atomic E-state index is 13.5. The SMILES string of the molecule is CCCNC(=O)[C@@H](C)N(Cc1cccc(Br)c1)C(=O)CN(c1ccc(C(C)(C)C)cc1)S(C)(=O)=O. The molecule has 0 saturated carbocycles. The number of amides is 2. The summed E-state index contributed by atoms with van der Waals surface area (Å²) in [6.07, 6.45) is 1.85. The minimum absolute atomic E-state index is 0.0910. The zero-order valence-corrected chi connectivity index (χ0v) is 23.7. The highest BCUT2D eigenvalue weighted by Crippen LogP contribution is 2.26. The van der Waals surface area contributed by atoms with Crippen molar-refractivity contribution >= 4 is 43.5 Å². The van der Waals surface area contributed by atoms with Crippen molar-refractivity contribution in [2.75, 3.05) is 23.7 Å². The van der Waals surface area contributed by atoms with Gasteiger partial charge < -0.3 is 10.2 Å². The molecule has 0 heterocycles. The molecule has 0 radical (unpaired) electrons. The molecule has 0 fully saturated rings. The van der Waals surface area contributed by atoms with E-state index < -0.39 is 28.5 Å². The third-order valence-electron chi connectivity index (χ3n) is 5.66. The summed E-state index contributed by atoms with van der Waals surface area (Å²) in [5.41, 5.74) is 2.19. The number of anilines is 1. The van der Waals surface area contributed by atoms with Crippen LogP contribution < -0.4 is 9.62 Å². The summed E-state index contributed by atoms with van der Waals surface area (Å²) in [7, 11) is -3.76. The van der Waals surface area contributed by atoms with E-state index in [-0.39, 0.29) is 17.9 Å². The number of hydrogen-bond acceptors (Lipinski definition) is 4. The topological polar surface area (TPSA) is 86.8 Å². The number of nitrogens with one attached hydrogen (secondary N) is 1. The van der Waals surface area contributed by atoms with Crippen molar-refractivity contribution in [1.29, 1.82) is 0 Å². The van der Waals surface area contributed by atoms with Gasteiger partial charge in [0, 0.05) is 17.6 Å². The molecule has 0 spiro atoms. The van der Waals surface area contributed by atoms with E-state index >= 15 is 0 Å². The highest BCUT2D eigenvalue weighted by atomic mass is 79.9. The maximum absolute atomic E-state index is 13.5. The van der Waals surface area contributed by atoms with Crippen LogP contribution in [0.3, 0.4) is 0 Å². The Morgan fingerprint density at radius 1 is 1.09 bits per heavy atom. The monoisotopic (exact) mass is 565 g/mol. The van der Waals surface area contributed by atoms with Crippen LogP contribution in [0.5, 0.6) is 0 Å². The van der Waals surface area contributed by atoms with Crippen molar-refractivity contribution in [2.45, 2.75) is 59.0 Å². The molecule has 192 valence electrons. The predicted molar refractivity (Wildman–Crippen MR) is 145 cm³/mol. The molecule has 1 N–H and O–H groups in total. The van der Waals surface area contributed by atoms with Gasteiger partial charge in [0.25, 0.3) is 0 Å². The van der Waals surface area contributed by atoms with Gasteiger partial charge in [0.15, 0.2) is 0 Å². The number of carbonyl (C=O) groups excluding carboxylic acids is 2. The Bertz CT molecular complexity index is 1130. The maximum Gasteiger partial charge on any atom is 0.244 e. The molecule has 2 amide bonds. The van der Waals surface area contributed by atoms with Crippen LogP contribution in [-0.2, 0) is 31.6 Å². The fourth-order valence-corrected chi connectivity index (χ4v) is 4.85. The van der Waals surface area contributed by atoms with Crippen molar-refractivity contribution in [1.82, 2.24) is 10.2 Å². The Morgan fingerprint density at radius 3 is 2.23 bits per heavy atom. The van der Waals surface area contributed by atoms with Crippen molar-refractivity contribution in [3.8, 4) is 0 Å². The Morgan fingerprint density at radius 2 is 1.71 bits per heavy atom. The fourth-order valence-electron chi connectivity index (χ4n) is 3.55. The summed E-state index contributed by atoms with van der Waals surface area (Å²) >= 11 is 3.44. The average molecular weight is 567 g/mol. The second-order valence-corrected chi connectivity index (χ2v) is 12.5. The third-order valence-corrected chi connectivity index (χ3v) is 7.29. The highest BCUT2D eigenvalue weighted by Gasteiger charge is 2.30. The molecule has 0 aliphatic rings. The van der Waals surface area contributed by atoms with Crippen LogP contribution in [-0.4, -0.2) is 50.5 Å². The molecule has 2 aromatic carbocycles. The van der Waals surface area contributed by atoms with E-state index in [2.05, 4.69) is 42.0 Å². The van der Waals surface area contributed by atoms with Gasteiger partial charge in [-0.05, 0) is 54.2 Å². The van der Waals surface area contributed by atoms with Gasteiger partial charge in [0.1, 0.15) is 12.6 Å². The number of rotatable bonds is 10. The number of carbonyl (C=O) groups is 2. The van der Waals surface area contributed by atoms with Crippen LogP contribution in [0.2, 0.25) is 0 Å². The van der Waals surface area contributed by atoms with Crippen LogP contribution in [0.25, 0.3) is 0 Å². The number of halogens is 1. The van der Waals surface area contributed by atoms with Crippen molar-refractivity contribution in [2.24, 2.45) is 0 Å². The minimum atomic E-state index is -3.76. The molecule has 0 unspecified atom stereocenters. The Kier molecular flexibility index (Phi) is 9.92. The number of sulfonamides is 1. The lowest BCUT2D eigenvalue weighted by Gasteiger charge is -2.31. The smallest absolute Gasteiger partial charge is 0.244 e. The van der Waals surface area contributed by atoms with Crippen LogP contribution >= 0.6 is 15.9 Å². The molecule has 1 atom stereocenters. The summed E-state index contributed by atoms with van der Waals surface area (Å²) in [6.45, 7) is 10.1. The molecule has 0 aromatic heterocycles. The van der Waals surface area contributed by atoms with E-state index in [0.29, 0.717) is 12.2 Å². The molecule has 2 rings (SSSR count). The number of benzene rings is 2. The summed E-state index contributed by atoms with van der Waals surface area (Å²) in [5, 5.41) is 2.83. The molecule has 0 bridgehead atoms. The molecule has 9 heteroatoms. The summed E-state index contributed by atoms with van der Waals surface area (Å²) in [5.74, 6) is -0.745. The van der Waals surface area contributed by atoms with Crippen molar-refractivity contribution in [3.63, 3.8) is 0 Å². The van der Waals surface area contributed by atoms with Gasteiger partial charge in [-0.3, -0.25) is 13.9 Å². The molecule has 7 nitrogen and oxygen atoms in total. The molecule has 2 aromatic rings. The normalized spacial score (nSPS) is 12.7. The van der Waals surface area contributed by atoms with E-state index in [1.807, 2.05) is 43.3 Å². The highest BCUT2D eigenvalue weighted by molar-refractivity contribution is 9.10. The van der Waals surface area contributed by atoms with Crippen LogP contribution in [0.4, 0.5) is 5.69 Å². The first-order valence-electron chi connectivity index (χ1n) is 11.6. The zero-order valence-electron chi connectivity index (χ0n) is 21.3. The van der Waals surface area contributed by atoms with Gasteiger partial charge in [0.05, 0.1) is 11.9 Å². The first kappa shape index (κ1) is 28.8. The minimum Gasteiger partial charge on any atom is -0.354 e. The molecule has 35 heavy (non-hydrogen) atoms. The van der Waals surface area contributed by atoms with E-state index in [1.165, 1.54) is 4.90 Å². The summed E-state index contributed by atoms with van der Waals surface area (Å²) in [6, 6.07) is 13.9. The van der Waals surface area contributed by atoms with Crippen LogP contribution in [0.15, 0.2) is 53.0 Å². The largest absolute Gasteiger partial charge is 0.354 e. The summed E-state index contributed by atoms with van der Waals surface area (Å²) in [4.78, 5) is 27.7. The molecule has 0 aliphatic heterocycles. The fraction of sp³-hybridized carbons (Fsp3) is 0.462. The number of nitrogens with zero attached hydrogens (tertiary/aromatic N) is 2. The molecular formula is C26H36BrN3O4S. The lowest BCUT2D eigenvalue weighted by atomic mass is 9.87. The van der Waals surface area contributed by atoms with E-state index in [9.17, 15) is 18.0 Å². The molecule has 0 aliphatic carbocycles. The third kappa shape index (κ3) is 8.35. The van der Waals surface area contributed by atoms with Gasteiger partial charge in [-0.2, -0.15) is 0 Å². The first-order chi connectivity index (χ1) is 16.2. The zero-order chi connectivity index (χ0) is 26.4. The average Bonchev–Trinajstić information content (AvgIpc) is 2.77. The Hall–Kier alpha value is -2.39. The van der Waals surface area contributed by atoms with Gasteiger partial charge in [-0.15, -0.1) is 0 Å². The van der Waals surface area contributed by atoms with Crippen LogP contribution in [0, 0.1) is 0 Å². The second-order valence-electron chi connectivity index (χ2n) is 9.69. The first-order valence-corrected chi connectivity index (χ1v) is 14.3. The second kappa shape index (κ2) is 12.0. The molecule has 0 saturated heterocycles. The standard InChI is InChI=1S/C26H36BrN3O4S/c1-7-15-28-25(32)19(2)29(17-20-9-8-10-22(27)16-20)24(31)18-30(35(6,33)34)23-13-11-21(12-14-23)26(3,4)5/h8-14,16,19H,7,15,17-18H2,1-6H3,(H,28,32)/t19-/m1/s1. The van der Waals surface area contributed by atoms with Crippen molar-refractivity contribution in [3.05, 3.63) is 64.1 Å². The summed E-state index contributed by atoms with van der Waals surface area (Å²) < 4.78 is 27.3. The molecular weight excluding hydrogens is 530 g/mol. The van der Waals surface area contributed by atoms with E-state index in [0.717, 1.165) is 32.6 Å². The van der Waals surface area contributed by atoms with E-state index in [1.54, 1.807) is 19.1 Å². The Balaban J connectivity index is 2.38. The Labute approximate surface area is 218 Å². The van der Waals surface area contributed by atoms with Gasteiger partial charge in [-0.1, -0.05) is 67.9 Å². The van der Waals surface area contributed by atoms with Gasteiger partial charge >= 0.3 is 0 Å². The van der Waals surface area contributed by atoms with Gasteiger partial charge in [0.2, 0.25) is 21.8 Å². The van der Waals surface area contributed by atoms with Crippen molar-refractivity contribution < 1.29 is 18.0 Å². The number of hydrogen-bond donors (Lipinski definition) is 1. The lowest BCUT2D eigenvalue weighted by molar-refractivity contribution is -0.139. The van der Waals surface area contributed by atoms with E-state index in [4.69, 9.17) is 0 Å². The van der Waals surface area contributed by atoms with Crippen LogP contribution in [0.1, 0.15) is 52.2 Å².